The van der Waals surface area contributed by atoms with Crippen LogP contribution in [0.2, 0.25) is 5.02 Å². The molecule has 0 aliphatic heterocycles. The zero-order chi connectivity index (χ0) is 27.1. The lowest BCUT2D eigenvalue weighted by Gasteiger charge is -2.11. The predicted molar refractivity (Wildman–Crippen MR) is 146 cm³/mol. The Hall–Kier alpha value is -3.47. The van der Waals surface area contributed by atoms with E-state index in [1.165, 1.54) is 42.5 Å². The quantitative estimate of drug-likeness (QED) is 0.276. The average Bonchev–Trinajstić information content (AvgIpc) is 3.63. The molecule has 0 radical (unpaired) electrons. The highest BCUT2D eigenvalue weighted by Gasteiger charge is 2.22. The first-order valence-corrected chi connectivity index (χ1v) is 13.4. The first kappa shape index (κ1) is 27.6. The van der Waals surface area contributed by atoms with Crippen LogP contribution < -0.4 is 20.3 Å². The molecule has 2 amide bonds. The van der Waals surface area contributed by atoms with Crippen molar-refractivity contribution in [2.24, 2.45) is 5.92 Å². The van der Waals surface area contributed by atoms with Gasteiger partial charge in [0.2, 0.25) is 0 Å². The number of hydroxylamine groups is 1. The van der Waals surface area contributed by atoms with E-state index in [0.717, 1.165) is 10.6 Å². The smallest absolute Gasteiger partial charge is 0.293 e. The second-order valence-corrected chi connectivity index (χ2v) is 10.6. The number of carbonyl (C=O) groups is 2. The van der Waals surface area contributed by atoms with Gasteiger partial charge in [0.15, 0.2) is 0 Å². The van der Waals surface area contributed by atoms with Crippen LogP contribution in [0.5, 0.6) is 16.7 Å². The number of amides is 2. The number of benzene rings is 1. The molecule has 1 aliphatic rings. The summed E-state index contributed by atoms with van der Waals surface area (Å²) in [5, 5.41) is 3.76. The van der Waals surface area contributed by atoms with Gasteiger partial charge in [0.05, 0.1) is 22.6 Å². The van der Waals surface area contributed by atoms with Gasteiger partial charge in [0, 0.05) is 30.1 Å². The van der Waals surface area contributed by atoms with Gasteiger partial charge in [-0.2, -0.15) is 0 Å². The van der Waals surface area contributed by atoms with Crippen LogP contribution in [0.3, 0.4) is 0 Å². The van der Waals surface area contributed by atoms with E-state index in [1.54, 1.807) is 32.2 Å². The molecule has 2 heterocycles. The van der Waals surface area contributed by atoms with Gasteiger partial charge in [-0.1, -0.05) is 29.0 Å². The van der Waals surface area contributed by atoms with Crippen LogP contribution in [0.15, 0.2) is 48.8 Å². The lowest BCUT2D eigenvalue weighted by Crippen LogP contribution is -2.32. The van der Waals surface area contributed by atoms with Crippen molar-refractivity contribution in [1.29, 1.82) is 0 Å². The number of nitrogens with one attached hydrogen (secondary N) is 2. The minimum atomic E-state index is -0.524. The molecule has 2 N–H and O–H groups in total. The van der Waals surface area contributed by atoms with E-state index in [4.69, 9.17) is 25.9 Å². The molecule has 1 aromatic carbocycles. The normalized spacial score (nSPS) is 13.9. The van der Waals surface area contributed by atoms with Gasteiger partial charge >= 0.3 is 0 Å². The molecule has 3 aromatic rings. The van der Waals surface area contributed by atoms with E-state index < -0.39 is 5.91 Å². The highest BCUT2D eigenvalue weighted by atomic mass is 35.5. The van der Waals surface area contributed by atoms with Crippen molar-refractivity contribution in [1.82, 2.24) is 20.8 Å². The average molecular weight is 557 g/mol. The summed E-state index contributed by atoms with van der Waals surface area (Å²) in [5.74, 6) is 1.02. The molecule has 1 saturated carbocycles. The number of hydrogen-bond donors (Lipinski definition) is 2. The van der Waals surface area contributed by atoms with E-state index in [1.807, 2.05) is 25.1 Å². The number of aromatic nitrogens is 2. The summed E-state index contributed by atoms with van der Waals surface area (Å²) < 4.78 is 11.6. The van der Waals surface area contributed by atoms with E-state index >= 15 is 0 Å². The maximum Gasteiger partial charge on any atom is 0.293 e. The van der Waals surface area contributed by atoms with Crippen molar-refractivity contribution in [2.45, 2.75) is 45.8 Å². The van der Waals surface area contributed by atoms with Gasteiger partial charge in [-0.3, -0.25) is 19.4 Å². The molecule has 38 heavy (non-hydrogen) atoms. The van der Waals surface area contributed by atoms with E-state index in [9.17, 15) is 9.59 Å². The Morgan fingerprint density at radius 2 is 1.97 bits per heavy atom. The molecule has 1 aliphatic carbocycles. The van der Waals surface area contributed by atoms with Crippen LogP contribution >= 0.6 is 22.9 Å². The zero-order valence-corrected chi connectivity index (χ0v) is 22.8. The summed E-state index contributed by atoms with van der Waals surface area (Å²) >= 11 is 7.70. The summed E-state index contributed by atoms with van der Waals surface area (Å²) in [6, 6.07) is 8.01. The summed E-state index contributed by atoms with van der Waals surface area (Å²) in [5.41, 5.74) is 2.70. The predicted octanol–water partition coefficient (Wildman–Crippen LogP) is 5.67. The van der Waals surface area contributed by atoms with Crippen LogP contribution in [0.4, 0.5) is 0 Å². The molecule has 0 spiro atoms. The van der Waals surface area contributed by atoms with Crippen LogP contribution in [-0.4, -0.2) is 40.5 Å². The molecule has 9 nitrogen and oxygen atoms in total. The van der Waals surface area contributed by atoms with Gasteiger partial charge in [-0.05, 0) is 69.9 Å². The Labute approximate surface area is 230 Å². The number of halogens is 1. The number of ether oxygens (including phenoxy) is 2. The maximum absolute atomic E-state index is 12.7. The fourth-order valence-corrected chi connectivity index (χ4v) is 4.04. The van der Waals surface area contributed by atoms with E-state index in [0.29, 0.717) is 34.1 Å². The Morgan fingerprint density at radius 3 is 2.71 bits per heavy atom. The molecule has 0 saturated heterocycles. The minimum absolute atomic E-state index is 0.0826. The van der Waals surface area contributed by atoms with Crippen molar-refractivity contribution in [3.63, 3.8) is 0 Å². The Balaban J connectivity index is 1.29. The van der Waals surface area contributed by atoms with Crippen molar-refractivity contribution in [3.8, 4) is 16.7 Å². The summed E-state index contributed by atoms with van der Waals surface area (Å²) in [6.07, 6.45) is 9.03. The Morgan fingerprint density at radius 1 is 1.16 bits per heavy atom. The summed E-state index contributed by atoms with van der Waals surface area (Å²) in [4.78, 5) is 39.0. The standard InChI is InChI=1S/C27H29ClN4O5S/c1-16(2)37-32-26(34)23-12-19(10-11-29-23)25(33)31-17(3)4-8-21-14-30-27(38-21)36-24-9-7-20(13-22(24)28)35-15-18-5-6-18/h4,7-14,16-18H,5-6,15H2,1-3H3,(H,31,33)(H,32,34)/b8-4+/t17-/m0/s1. The monoisotopic (exact) mass is 556 g/mol. The first-order valence-electron chi connectivity index (χ1n) is 12.2. The molecule has 11 heteroatoms. The van der Waals surface area contributed by atoms with Gasteiger partial charge < -0.3 is 14.8 Å². The van der Waals surface area contributed by atoms with Crippen molar-refractivity contribution in [3.05, 3.63) is 70.0 Å². The number of rotatable bonds is 12. The fourth-order valence-electron chi connectivity index (χ4n) is 3.14. The minimum Gasteiger partial charge on any atom is -0.493 e. The fraction of sp³-hybridized carbons (Fsp3) is 0.333. The van der Waals surface area contributed by atoms with Crippen LogP contribution in [-0.2, 0) is 4.84 Å². The molecular formula is C27H29ClN4O5S. The highest BCUT2D eigenvalue weighted by molar-refractivity contribution is 7.14. The molecule has 0 bridgehead atoms. The first-order chi connectivity index (χ1) is 18.3. The Kier molecular flexibility index (Phi) is 9.33. The summed E-state index contributed by atoms with van der Waals surface area (Å²) in [6.45, 7) is 6.12. The van der Waals surface area contributed by atoms with Gasteiger partial charge in [-0.15, -0.1) is 0 Å². The lowest BCUT2D eigenvalue weighted by molar-refractivity contribution is -0.000139. The number of pyridine rings is 1. The maximum atomic E-state index is 12.7. The van der Waals surface area contributed by atoms with E-state index in [2.05, 4.69) is 20.8 Å². The zero-order valence-electron chi connectivity index (χ0n) is 21.3. The molecule has 0 unspecified atom stereocenters. The van der Waals surface area contributed by atoms with Crippen molar-refractivity contribution < 1.29 is 23.9 Å². The largest absolute Gasteiger partial charge is 0.493 e. The number of nitrogens with zero attached hydrogens (tertiary/aromatic N) is 2. The molecule has 4 rings (SSSR count). The SMILES string of the molecule is CC(C)ONC(=O)c1cc(C(=O)N[C@@H](C)/C=C/c2cnc(Oc3ccc(OCC4CC4)cc3Cl)s2)ccn1. The van der Waals surface area contributed by atoms with Crippen LogP contribution in [0.1, 0.15) is 59.3 Å². The van der Waals surface area contributed by atoms with E-state index in [-0.39, 0.29) is 23.7 Å². The van der Waals surface area contributed by atoms with Crippen LogP contribution in [0, 0.1) is 5.92 Å². The van der Waals surface area contributed by atoms with Gasteiger partial charge in [0.1, 0.15) is 17.2 Å². The third-order valence-electron chi connectivity index (χ3n) is 5.34. The topological polar surface area (TPSA) is 112 Å². The van der Waals surface area contributed by atoms with Crippen molar-refractivity contribution in [2.75, 3.05) is 6.61 Å². The third kappa shape index (κ3) is 8.27. The summed E-state index contributed by atoms with van der Waals surface area (Å²) in [7, 11) is 0. The second kappa shape index (κ2) is 12.9. The molecular weight excluding hydrogens is 528 g/mol. The molecule has 1 atom stereocenters. The van der Waals surface area contributed by atoms with Crippen molar-refractivity contribution >= 4 is 40.8 Å². The lowest BCUT2D eigenvalue weighted by atomic mass is 10.2. The number of carbonyl (C=O) groups excluding carboxylic acids is 2. The highest BCUT2D eigenvalue weighted by Crippen LogP contribution is 2.35. The number of thiazole rings is 1. The van der Waals surface area contributed by atoms with Gasteiger partial charge in [0.25, 0.3) is 17.0 Å². The molecule has 1 fully saturated rings. The Bertz CT molecular complexity index is 1310. The van der Waals surface area contributed by atoms with Gasteiger partial charge in [-0.25, -0.2) is 10.5 Å². The third-order valence-corrected chi connectivity index (χ3v) is 6.47. The molecule has 2 aromatic heterocycles. The number of hydrogen-bond acceptors (Lipinski definition) is 8. The molecule has 200 valence electrons. The second-order valence-electron chi connectivity index (χ2n) is 9.13. The van der Waals surface area contributed by atoms with Crippen LogP contribution in [0.25, 0.3) is 6.08 Å².